The molecule has 5 nitrogen and oxygen atoms in total. The molecule has 1 amide bonds. The van der Waals surface area contributed by atoms with Crippen molar-refractivity contribution in [2.24, 2.45) is 0 Å². The van der Waals surface area contributed by atoms with E-state index in [2.05, 4.69) is 9.97 Å². The minimum Gasteiger partial charge on any atom is -0.437 e. The van der Waals surface area contributed by atoms with Crippen molar-refractivity contribution in [2.75, 3.05) is 13.1 Å². The van der Waals surface area contributed by atoms with Crippen molar-refractivity contribution in [3.63, 3.8) is 0 Å². The summed E-state index contributed by atoms with van der Waals surface area (Å²) in [6.45, 7) is 3.02. The molecule has 0 N–H and O–H groups in total. The molecule has 0 bridgehead atoms. The number of hydrogen-bond donors (Lipinski definition) is 0. The van der Waals surface area contributed by atoms with Crippen LogP contribution in [0.15, 0.2) is 36.7 Å². The zero-order valence-electron chi connectivity index (χ0n) is 12.9. The summed E-state index contributed by atoms with van der Waals surface area (Å²) < 4.78 is 18.8. The zero-order valence-corrected chi connectivity index (χ0v) is 12.9. The van der Waals surface area contributed by atoms with Crippen molar-refractivity contribution in [2.45, 2.75) is 25.7 Å². The number of likely N-dealkylation sites (tertiary alicyclic amines) is 1. The van der Waals surface area contributed by atoms with E-state index >= 15 is 0 Å². The van der Waals surface area contributed by atoms with Crippen molar-refractivity contribution in [1.29, 1.82) is 0 Å². The smallest absolute Gasteiger partial charge is 0.241 e. The van der Waals surface area contributed by atoms with Crippen LogP contribution in [0.3, 0.4) is 0 Å². The van der Waals surface area contributed by atoms with Gasteiger partial charge in [0.1, 0.15) is 17.3 Å². The van der Waals surface area contributed by atoms with Gasteiger partial charge in [0.25, 0.3) is 0 Å². The average molecular weight is 315 g/mol. The van der Waals surface area contributed by atoms with Gasteiger partial charge in [-0.3, -0.25) is 9.78 Å². The molecule has 0 saturated carbocycles. The maximum Gasteiger partial charge on any atom is 0.241 e. The lowest BCUT2D eigenvalue weighted by Gasteiger charge is -2.31. The van der Waals surface area contributed by atoms with E-state index in [1.807, 2.05) is 4.90 Å². The second-order valence-electron chi connectivity index (χ2n) is 5.58. The maximum atomic E-state index is 13.0. The molecule has 2 heterocycles. The summed E-state index contributed by atoms with van der Waals surface area (Å²) in [6, 6.07) is 5.81. The monoisotopic (exact) mass is 315 g/mol. The molecule has 0 unspecified atom stereocenters. The second-order valence-corrected chi connectivity index (χ2v) is 5.58. The largest absolute Gasteiger partial charge is 0.437 e. The lowest BCUT2D eigenvalue weighted by Crippen LogP contribution is -2.36. The van der Waals surface area contributed by atoms with Crippen LogP contribution < -0.4 is 4.74 Å². The fourth-order valence-corrected chi connectivity index (χ4v) is 2.78. The predicted molar refractivity (Wildman–Crippen MR) is 82.7 cm³/mol. The number of piperidine rings is 1. The summed E-state index contributed by atoms with van der Waals surface area (Å²) in [5, 5.41) is 0. The van der Waals surface area contributed by atoms with Gasteiger partial charge in [-0.15, -0.1) is 0 Å². The summed E-state index contributed by atoms with van der Waals surface area (Å²) in [4.78, 5) is 21.9. The van der Waals surface area contributed by atoms with E-state index in [4.69, 9.17) is 4.74 Å². The maximum absolute atomic E-state index is 13.0. The Morgan fingerprint density at radius 1 is 1.17 bits per heavy atom. The molecular formula is C17H18FN3O2. The molecule has 23 heavy (non-hydrogen) atoms. The van der Waals surface area contributed by atoms with Gasteiger partial charge in [-0.2, -0.15) is 0 Å². The van der Waals surface area contributed by atoms with Gasteiger partial charge in [0.05, 0.1) is 0 Å². The zero-order chi connectivity index (χ0) is 16.2. The summed E-state index contributed by atoms with van der Waals surface area (Å²) in [6.07, 6.45) is 4.88. The number of amides is 1. The molecular weight excluding hydrogens is 297 g/mol. The molecule has 6 heteroatoms. The Balaban J connectivity index is 1.76. The molecule has 0 spiro atoms. The quantitative estimate of drug-likeness (QED) is 0.873. The Morgan fingerprint density at radius 3 is 2.48 bits per heavy atom. The molecule has 0 atom stereocenters. The lowest BCUT2D eigenvalue weighted by atomic mass is 9.93. The number of rotatable bonds is 3. The number of aromatic nitrogens is 2. The first kappa shape index (κ1) is 15.4. The van der Waals surface area contributed by atoms with Gasteiger partial charge in [-0.05, 0) is 37.1 Å². The highest BCUT2D eigenvalue weighted by atomic mass is 19.1. The average Bonchev–Trinajstić information content (AvgIpc) is 2.57. The van der Waals surface area contributed by atoms with Gasteiger partial charge >= 0.3 is 0 Å². The molecule has 1 aliphatic rings. The molecule has 0 radical (unpaired) electrons. The molecule has 2 aromatic rings. The first-order valence-corrected chi connectivity index (χ1v) is 7.63. The number of ether oxygens (including phenoxy) is 1. The predicted octanol–water partition coefficient (Wildman–Crippen LogP) is 3.13. The second kappa shape index (κ2) is 6.73. The van der Waals surface area contributed by atoms with Crippen LogP contribution in [0, 0.1) is 5.82 Å². The van der Waals surface area contributed by atoms with Crippen LogP contribution in [0.4, 0.5) is 4.39 Å². The topological polar surface area (TPSA) is 55.3 Å². The third-order valence-corrected chi connectivity index (χ3v) is 4.05. The molecule has 1 aromatic heterocycles. The molecule has 1 fully saturated rings. The van der Waals surface area contributed by atoms with Crippen molar-refractivity contribution in [1.82, 2.24) is 14.9 Å². The SMILES string of the molecule is CC(=O)N1CCC(c2nccnc2Oc2ccc(F)cc2)CC1. The van der Waals surface area contributed by atoms with Crippen molar-refractivity contribution in [3.05, 3.63) is 48.2 Å². The van der Waals surface area contributed by atoms with E-state index in [9.17, 15) is 9.18 Å². The number of carbonyl (C=O) groups is 1. The van der Waals surface area contributed by atoms with E-state index in [-0.39, 0.29) is 17.6 Å². The Bertz CT molecular complexity index is 682. The van der Waals surface area contributed by atoms with Crippen LogP contribution in [-0.4, -0.2) is 33.9 Å². The van der Waals surface area contributed by atoms with E-state index in [1.54, 1.807) is 31.5 Å². The lowest BCUT2D eigenvalue weighted by molar-refractivity contribution is -0.129. The molecule has 3 rings (SSSR count). The Labute approximate surface area is 134 Å². The van der Waals surface area contributed by atoms with Crippen LogP contribution >= 0.6 is 0 Å². The molecule has 1 aliphatic heterocycles. The molecule has 120 valence electrons. The van der Waals surface area contributed by atoms with Gasteiger partial charge in [-0.1, -0.05) is 0 Å². The number of hydrogen-bond acceptors (Lipinski definition) is 4. The van der Waals surface area contributed by atoms with Gasteiger partial charge in [0.15, 0.2) is 0 Å². The molecule has 1 saturated heterocycles. The normalized spacial score (nSPS) is 15.5. The summed E-state index contributed by atoms with van der Waals surface area (Å²) in [5.74, 6) is 0.961. The standard InChI is InChI=1S/C17H18FN3O2/c1-12(22)21-10-6-13(7-11-21)16-17(20-9-8-19-16)23-15-4-2-14(18)3-5-15/h2-5,8-9,13H,6-7,10-11H2,1H3. The Morgan fingerprint density at radius 2 is 1.83 bits per heavy atom. The van der Waals surface area contributed by atoms with Gasteiger partial charge in [-0.25, -0.2) is 9.37 Å². The fraction of sp³-hybridized carbons (Fsp3) is 0.353. The van der Waals surface area contributed by atoms with Crippen molar-refractivity contribution in [3.8, 4) is 11.6 Å². The minimum absolute atomic E-state index is 0.102. The van der Waals surface area contributed by atoms with E-state index in [0.29, 0.717) is 24.7 Å². The van der Waals surface area contributed by atoms with Crippen LogP contribution in [0.25, 0.3) is 0 Å². The van der Waals surface area contributed by atoms with Crippen molar-refractivity contribution >= 4 is 5.91 Å². The third kappa shape index (κ3) is 3.64. The highest BCUT2D eigenvalue weighted by Crippen LogP contribution is 2.33. The molecule has 1 aromatic carbocycles. The first-order chi connectivity index (χ1) is 11.1. The first-order valence-electron chi connectivity index (χ1n) is 7.63. The number of halogens is 1. The highest BCUT2D eigenvalue weighted by Gasteiger charge is 2.26. The van der Waals surface area contributed by atoms with Crippen LogP contribution in [-0.2, 0) is 4.79 Å². The van der Waals surface area contributed by atoms with E-state index in [0.717, 1.165) is 18.5 Å². The van der Waals surface area contributed by atoms with Crippen LogP contribution in [0.2, 0.25) is 0 Å². The van der Waals surface area contributed by atoms with Gasteiger partial charge in [0.2, 0.25) is 11.8 Å². The minimum atomic E-state index is -0.312. The highest BCUT2D eigenvalue weighted by molar-refractivity contribution is 5.73. The van der Waals surface area contributed by atoms with E-state index < -0.39 is 0 Å². The third-order valence-electron chi connectivity index (χ3n) is 4.05. The van der Waals surface area contributed by atoms with Crippen molar-refractivity contribution < 1.29 is 13.9 Å². The summed E-state index contributed by atoms with van der Waals surface area (Å²) >= 11 is 0. The Kier molecular flexibility index (Phi) is 4.50. The van der Waals surface area contributed by atoms with Gasteiger partial charge < -0.3 is 9.64 Å². The summed E-state index contributed by atoms with van der Waals surface area (Å²) in [7, 11) is 0. The van der Waals surface area contributed by atoms with E-state index in [1.165, 1.54) is 12.1 Å². The van der Waals surface area contributed by atoms with Crippen LogP contribution in [0.5, 0.6) is 11.6 Å². The number of carbonyl (C=O) groups excluding carboxylic acids is 1. The number of nitrogens with zero attached hydrogens (tertiary/aromatic N) is 3. The number of benzene rings is 1. The Hall–Kier alpha value is -2.50. The van der Waals surface area contributed by atoms with Crippen LogP contribution in [0.1, 0.15) is 31.4 Å². The summed E-state index contributed by atoms with van der Waals surface area (Å²) in [5.41, 5.74) is 0.792. The van der Waals surface area contributed by atoms with Gasteiger partial charge in [0, 0.05) is 38.3 Å². The molecule has 0 aliphatic carbocycles. The fourth-order valence-electron chi connectivity index (χ4n) is 2.78.